The first-order valence-corrected chi connectivity index (χ1v) is 20.8. The van der Waals surface area contributed by atoms with E-state index in [-0.39, 0.29) is 0 Å². The molecule has 6 rings (SSSR count). The summed E-state index contributed by atoms with van der Waals surface area (Å²) in [6, 6.07) is 34.7. The number of rotatable bonds is 20. The Labute approximate surface area is 337 Å². The van der Waals surface area contributed by atoms with Crippen molar-refractivity contribution in [2.45, 2.75) is 104 Å². The first kappa shape index (κ1) is 41.7. The van der Waals surface area contributed by atoms with E-state index in [0.717, 1.165) is 47.6 Å². The Morgan fingerprint density at radius 3 is 1.12 bits per heavy atom. The molecule has 0 unspecified atom stereocenters. The van der Waals surface area contributed by atoms with Gasteiger partial charge in [0.2, 0.25) is 0 Å². The van der Waals surface area contributed by atoms with Gasteiger partial charge in [0.15, 0.2) is 11.6 Å². The maximum atomic E-state index is 4.60. The third-order valence-corrected chi connectivity index (χ3v) is 10.2. The summed E-state index contributed by atoms with van der Waals surface area (Å²) in [6.45, 7) is 12.0. The van der Waals surface area contributed by atoms with Crippen molar-refractivity contribution in [3.63, 3.8) is 0 Å². The SMILES string of the molecule is C=CCc1ccc(-c2ccc(-c3ncc(CC=C)cn3)cc2)cc1.CCCCCCCCc1ccc(-c2ccc(-c3ncc(CCCCCC)cn3)cc2)cc1. The Morgan fingerprint density at radius 1 is 0.357 bits per heavy atom. The lowest BCUT2D eigenvalue weighted by atomic mass is 10.00. The highest BCUT2D eigenvalue weighted by Gasteiger charge is 2.06. The number of hydrogen-bond acceptors (Lipinski definition) is 4. The van der Waals surface area contributed by atoms with Crippen LogP contribution in [0, 0.1) is 0 Å². The molecule has 0 atom stereocenters. The van der Waals surface area contributed by atoms with Crippen molar-refractivity contribution in [1.82, 2.24) is 19.9 Å². The Kier molecular flexibility index (Phi) is 17.4. The van der Waals surface area contributed by atoms with Gasteiger partial charge in [0.1, 0.15) is 0 Å². The molecule has 0 spiro atoms. The number of nitrogens with zero attached hydrogens (tertiary/aromatic N) is 4. The lowest BCUT2D eigenvalue weighted by Crippen LogP contribution is -1.93. The quantitative estimate of drug-likeness (QED) is 0.0578. The molecule has 0 radical (unpaired) electrons. The maximum Gasteiger partial charge on any atom is 0.159 e. The smallest absolute Gasteiger partial charge is 0.159 e. The van der Waals surface area contributed by atoms with Crippen LogP contribution in [0.1, 0.15) is 100 Å². The molecule has 0 aliphatic heterocycles. The molecule has 0 aliphatic rings. The molecule has 4 aromatic carbocycles. The van der Waals surface area contributed by atoms with Crippen LogP contribution >= 0.6 is 0 Å². The van der Waals surface area contributed by atoms with E-state index in [9.17, 15) is 0 Å². The van der Waals surface area contributed by atoms with Gasteiger partial charge in [-0.25, -0.2) is 19.9 Å². The van der Waals surface area contributed by atoms with Crippen molar-refractivity contribution in [3.05, 3.63) is 169 Å². The monoisotopic (exact) mass is 740 g/mol. The predicted octanol–water partition coefficient (Wildman–Crippen LogP) is 14.1. The van der Waals surface area contributed by atoms with E-state index in [0.29, 0.717) is 0 Å². The molecule has 0 saturated carbocycles. The highest BCUT2D eigenvalue weighted by Crippen LogP contribution is 2.26. The second-order valence-electron chi connectivity index (χ2n) is 14.7. The molecular formula is C52H60N4. The van der Waals surface area contributed by atoms with Gasteiger partial charge < -0.3 is 0 Å². The number of aromatic nitrogens is 4. The lowest BCUT2D eigenvalue weighted by molar-refractivity contribution is 0.607. The van der Waals surface area contributed by atoms with Crippen molar-refractivity contribution in [2.24, 2.45) is 0 Å². The summed E-state index contributed by atoms with van der Waals surface area (Å²) < 4.78 is 0. The molecule has 4 nitrogen and oxygen atoms in total. The van der Waals surface area contributed by atoms with Gasteiger partial charge in [0, 0.05) is 35.9 Å². The number of hydrogen-bond donors (Lipinski definition) is 0. The van der Waals surface area contributed by atoms with Crippen molar-refractivity contribution < 1.29 is 0 Å². The first-order chi connectivity index (χ1) is 27.6. The average Bonchev–Trinajstić information content (AvgIpc) is 3.25. The van der Waals surface area contributed by atoms with Crippen LogP contribution in [0.3, 0.4) is 0 Å². The van der Waals surface area contributed by atoms with Crippen LogP contribution in [0.15, 0.2) is 147 Å². The molecule has 0 aliphatic carbocycles. The van der Waals surface area contributed by atoms with E-state index < -0.39 is 0 Å². The molecule has 0 saturated heterocycles. The topological polar surface area (TPSA) is 51.6 Å². The Hall–Kier alpha value is -5.48. The van der Waals surface area contributed by atoms with Crippen LogP contribution in [0.2, 0.25) is 0 Å². The van der Waals surface area contributed by atoms with Crippen LogP contribution < -0.4 is 0 Å². The molecule has 56 heavy (non-hydrogen) atoms. The van der Waals surface area contributed by atoms with Gasteiger partial charge in [-0.2, -0.15) is 0 Å². The zero-order chi connectivity index (χ0) is 39.2. The zero-order valence-corrected chi connectivity index (χ0v) is 33.8. The summed E-state index contributed by atoms with van der Waals surface area (Å²) in [4.78, 5) is 18.1. The van der Waals surface area contributed by atoms with E-state index >= 15 is 0 Å². The highest BCUT2D eigenvalue weighted by molar-refractivity contribution is 5.69. The number of unbranched alkanes of at least 4 members (excludes halogenated alkanes) is 8. The molecule has 6 aromatic rings. The minimum absolute atomic E-state index is 0.746. The second-order valence-corrected chi connectivity index (χ2v) is 14.7. The average molecular weight is 741 g/mol. The normalized spacial score (nSPS) is 10.8. The van der Waals surface area contributed by atoms with Crippen LogP contribution in [-0.2, 0) is 25.7 Å². The van der Waals surface area contributed by atoms with Crippen LogP contribution in [0.25, 0.3) is 45.0 Å². The van der Waals surface area contributed by atoms with Crippen molar-refractivity contribution in [1.29, 1.82) is 0 Å². The Balaban J connectivity index is 0.000000223. The van der Waals surface area contributed by atoms with Gasteiger partial charge in [-0.05, 0) is 83.0 Å². The number of benzene rings is 4. The van der Waals surface area contributed by atoms with Crippen molar-refractivity contribution in [3.8, 4) is 45.0 Å². The summed E-state index contributed by atoms with van der Waals surface area (Å²) in [5.74, 6) is 1.55. The van der Waals surface area contributed by atoms with Gasteiger partial charge in [-0.1, -0.05) is 174 Å². The van der Waals surface area contributed by atoms with E-state index in [1.54, 1.807) is 0 Å². The summed E-state index contributed by atoms with van der Waals surface area (Å²) in [6.07, 6.45) is 28.7. The van der Waals surface area contributed by atoms with Crippen LogP contribution in [0.4, 0.5) is 0 Å². The van der Waals surface area contributed by atoms with Crippen LogP contribution in [-0.4, -0.2) is 19.9 Å². The van der Waals surface area contributed by atoms with Crippen molar-refractivity contribution in [2.75, 3.05) is 0 Å². The third kappa shape index (κ3) is 13.4. The standard InChI is InChI=1S/C30H40N2.C22H20N2/c1-3-5-7-9-10-12-13-25-15-17-27(18-16-25)28-19-21-29(22-20-28)30-31-23-26(24-32-30)14-11-8-6-4-2;1-3-5-17-7-9-19(10-8-17)20-11-13-21(14-12-20)22-23-15-18(6-4-2)16-24-22/h15-24H,3-14H2,1-2H3;3-4,7-16H,1-2,5-6H2. The number of aryl methyl sites for hydroxylation is 2. The summed E-state index contributed by atoms with van der Waals surface area (Å²) in [7, 11) is 0. The minimum Gasteiger partial charge on any atom is -0.236 e. The molecule has 2 aromatic heterocycles. The van der Waals surface area contributed by atoms with Gasteiger partial charge in [0.25, 0.3) is 0 Å². The second kappa shape index (κ2) is 23.4. The Morgan fingerprint density at radius 2 is 0.679 bits per heavy atom. The van der Waals surface area contributed by atoms with E-state index in [1.165, 1.54) is 110 Å². The van der Waals surface area contributed by atoms with Crippen molar-refractivity contribution >= 4 is 0 Å². The van der Waals surface area contributed by atoms with E-state index in [4.69, 9.17) is 0 Å². The molecule has 0 N–H and O–H groups in total. The van der Waals surface area contributed by atoms with Gasteiger partial charge in [-0.15, -0.1) is 13.2 Å². The lowest BCUT2D eigenvalue weighted by Gasteiger charge is -2.07. The molecule has 0 amide bonds. The minimum atomic E-state index is 0.746. The largest absolute Gasteiger partial charge is 0.236 e. The molecular weight excluding hydrogens is 681 g/mol. The fraction of sp³-hybridized carbons (Fsp3) is 0.308. The van der Waals surface area contributed by atoms with Crippen LogP contribution in [0.5, 0.6) is 0 Å². The first-order valence-electron chi connectivity index (χ1n) is 20.8. The van der Waals surface area contributed by atoms with E-state index in [2.05, 4.69) is 144 Å². The fourth-order valence-electron chi connectivity index (χ4n) is 6.76. The fourth-order valence-corrected chi connectivity index (χ4v) is 6.76. The zero-order valence-electron chi connectivity index (χ0n) is 33.8. The molecule has 4 heteroatoms. The van der Waals surface area contributed by atoms with Gasteiger partial charge >= 0.3 is 0 Å². The highest BCUT2D eigenvalue weighted by atomic mass is 14.9. The maximum absolute atomic E-state index is 4.60. The van der Waals surface area contributed by atoms with Gasteiger partial charge in [0.05, 0.1) is 0 Å². The third-order valence-electron chi connectivity index (χ3n) is 10.2. The van der Waals surface area contributed by atoms with Gasteiger partial charge in [-0.3, -0.25) is 0 Å². The summed E-state index contributed by atoms with van der Waals surface area (Å²) in [5.41, 5.74) is 12.0. The molecule has 2 heterocycles. The predicted molar refractivity (Wildman–Crippen MR) is 239 cm³/mol. The molecule has 288 valence electrons. The molecule has 0 fully saturated rings. The molecule has 0 bridgehead atoms. The summed E-state index contributed by atoms with van der Waals surface area (Å²) >= 11 is 0. The number of allylic oxidation sites excluding steroid dienone is 2. The van der Waals surface area contributed by atoms with E-state index in [1.807, 2.05) is 36.9 Å². The summed E-state index contributed by atoms with van der Waals surface area (Å²) in [5, 5.41) is 0. The Bertz CT molecular complexity index is 1920.